The zero-order valence-electron chi connectivity index (χ0n) is 10.8. The lowest BCUT2D eigenvalue weighted by molar-refractivity contribution is -0.140. The van der Waals surface area contributed by atoms with E-state index in [4.69, 9.17) is 9.15 Å². The highest BCUT2D eigenvalue weighted by atomic mass is 16.5. The zero-order chi connectivity index (χ0) is 14.5. The number of rotatable bonds is 5. The minimum atomic E-state index is -0.500. The topological polar surface area (TPSA) is 85.6 Å². The van der Waals surface area contributed by atoms with Crippen molar-refractivity contribution in [3.05, 3.63) is 40.1 Å². The molecule has 2 rings (SSSR count). The molecule has 0 atom stereocenters. The third-order valence-electron chi connectivity index (χ3n) is 2.65. The Morgan fingerprint density at radius 3 is 2.85 bits per heavy atom. The highest BCUT2D eigenvalue weighted by Gasteiger charge is 2.14. The zero-order valence-corrected chi connectivity index (χ0v) is 10.8. The molecule has 6 nitrogen and oxygen atoms in total. The summed E-state index contributed by atoms with van der Waals surface area (Å²) in [5, 5.41) is 2.93. The van der Waals surface area contributed by atoms with E-state index in [-0.39, 0.29) is 24.6 Å². The Bertz CT molecular complexity index is 704. The molecular weight excluding hydrogens is 262 g/mol. The third kappa shape index (κ3) is 2.69. The maximum atomic E-state index is 12.1. The Balaban J connectivity index is 2.39. The predicted octanol–water partition coefficient (Wildman–Crippen LogP) is 1.58. The lowest BCUT2D eigenvalue weighted by Crippen LogP contribution is -2.20. The van der Waals surface area contributed by atoms with E-state index < -0.39 is 11.4 Å². The summed E-state index contributed by atoms with van der Waals surface area (Å²) >= 11 is 0. The molecule has 1 aromatic carbocycles. The fraction of sp³-hybridized carbons (Fsp3) is 0.214. The van der Waals surface area contributed by atoms with Crippen LogP contribution in [0.4, 0.5) is 5.88 Å². The van der Waals surface area contributed by atoms with Crippen molar-refractivity contribution >= 4 is 29.1 Å². The van der Waals surface area contributed by atoms with Crippen LogP contribution in [0.15, 0.2) is 33.5 Å². The Morgan fingerprint density at radius 2 is 2.15 bits per heavy atom. The van der Waals surface area contributed by atoms with Gasteiger partial charge in [0.15, 0.2) is 6.29 Å². The molecule has 104 valence electrons. The molecule has 0 spiro atoms. The van der Waals surface area contributed by atoms with Crippen LogP contribution in [0.3, 0.4) is 0 Å². The fourth-order valence-electron chi connectivity index (χ4n) is 1.76. The molecule has 0 aliphatic rings. The van der Waals surface area contributed by atoms with Crippen LogP contribution in [0.2, 0.25) is 0 Å². The molecule has 0 aliphatic heterocycles. The summed E-state index contributed by atoms with van der Waals surface area (Å²) in [5.41, 5.74) is -0.240. The van der Waals surface area contributed by atoms with Gasteiger partial charge in [0.2, 0.25) is 11.3 Å². The van der Waals surface area contributed by atoms with Gasteiger partial charge < -0.3 is 14.5 Å². The molecule has 0 aliphatic carbocycles. The number of hydrogen-bond acceptors (Lipinski definition) is 6. The van der Waals surface area contributed by atoms with E-state index in [1.54, 1.807) is 31.2 Å². The summed E-state index contributed by atoms with van der Waals surface area (Å²) in [5.74, 6) is -0.531. The van der Waals surface area contributed by atoms with Gasteiger partial charge in [-0.3, -0.25) is 14.4 Å². The molecule has 0 amide bonds. The molecule has 0 bridgehead atoms. The van der Waals surface area contributed by atoms with Crippen molar-refractivity contribution in [3.8, 4) is 0 Å². The summed E-state index contributed by atoms with van der Waals surface area (Å²) in [7, 11) is 0. The fourth-order valence-corrected chi connectivity index (χ4v) is 1.76. The lowest BCUT2D eigenvalue weighted by atomic mass is 10.1. The molecule has 2 aromatic rings. The van der Waals surface area contributed by atoms with Gasteiger partial charge in [-0.25, -0.2) is 0 Å². The van der Waals surface area contributed by atoms with Gasteiger partial charge in [-0.15, -0.1) is 0 Å². The molecule has 0 saturated heterocycles. The highest BCUT2D eigenvalue weighted by molar-refractivity contribution is 5.90. The van der Waals surface area contributed by atoms with E-state index >= 15 is 0 Å². The standard InChI is InChI=1S/C14H13NO5/c1-2-19-12(17)7-15-14-10(8-16)13(18)9-5-3-4-6-11(9)20-14/h3-6,8,15H,2,7H2,1H3. The van der Waals surface area contributed by atoms with Gasteiger partial charge in [-0.1, -0.05) is 12.1 Å². The molecule has 0 radical (unpaired) electrons. The van der Waals surface area contributed by atoms with Crippen molar-refractivity contribution < 1.29 is 18.7 Å². The normalized spacial score (nSPS) is 10.2. The number of aldehydes is 1. The van der Waals surface area contributed by atoms with Crippen molar-refractivity contribution in [2.45, 2.75) is 6.92 Å². The number of para-hydroxylation sites is 1. The van der Waals surface area contributed by atoms with Gasteiger partial charge in [0, 0.05) is 0 Å². The maximum absolute atomic E-state index is 12.1. The minimum Gasteiger partial charge on any atom is -0.465 e. The van der Waals surface area contributed by atoms with Crippen LogP contribution in [-0.4, -0.2) is 25.4 Å². The Hall–Kier alpha value is -2.63. The molecule has 1 aromatic heterocycles. The first kappa shape index (κ1) is 13.8. The molecular formula is C14H13NO5. The van der Waals surface area contributed by atoms with Gasteiger partial charge in [-0.2, -0.15) is 0 Å². The Labute approximate surface area is 114 Å². The van der Waals surface area contributed by atoms with Gasteiger partial charge >= 0.3 is 5.97 Å². The largest absolute Gasteiger partial charge is 0.465 e. The van der Waals surface area contributed by atoms with Crippen LogP contribution < -0.4 is 10.7 Å². The molecule has 0 fully saturated rings. The number of benzene rings is 1. The molecule has 0 saturated carbocycles. The SMILES string of the molecule is CCOC(=O)CNc1oc2ccccc2c(=O)c1C=O. The van der Waals surface area contributed by atoms with E-state index in [0.29, 0.717) is 17.3 Å². The number of nitrogens with one attached hydrogen (secondary N) is 1. The first-order valence-corrected chi connectivity index (χ1v) is 6.08. The van der Waals surface area contributed by atoms with Gasteiger partial charge in [-0.05, 0) is 19.1 Å². The van der Waals surface area contributed by atoms with Crippen LogP contribution in [-0.2, 0) is 9.53 Å². The summed E-state index contributed by atoms with van der Waals surface area (Å²) < 4.78 is 10.2. The monoisotopic (exact) mass is 275 g/mol. The molecule has 20 heavy (non-hydrogen) atoms. The molecule has 1 N–H and O–H groups in total. The predicted molar refractivity (Wildman–Crippen MR) is 73.0 cm³/mol. The van der Waals surface area contributed by atoms with Crippen molar-refractivity contribution in [3.63, 3.8) is 0 Å². The van der Waals surface area contributed by atoms with E-state index in [9.17, 15) is 14.4 Å². The number of fused-ring (bicyclic) bond motifs is 1. The summed E-state index contributed by atoms with van der Waals surface area (Å²) in [4.78, 5) is 34.4. The minimum absolute atomic E-state index is 0.0308. The third-order valence-corrected chi connectivity index (χ3v) is 2.65. The maximum Gasteiger partial charge on any atom is 0.325 e. The van der Waals surface area contributed by atoms with Crippen LogP contribution >= 0.6 is 0 Å². The van der Waals surface area contributed by atoms with Gasteiger partial charge in [0.05, 0.1) is 12.0 Å². The van der Waals surface area contributed by atoms with Crippen molar-refractivity contribution in [1.29, 1.82) is 0 Å². The average molecular weight is 275 g/mol. The van der Waals surface area contributed by atoms with Crippen LogP contribution in [0, 0.1) is 0 Å². The van der Waals surface area contributed by atoms with E-state index in [0.717, 1.165) is 0 Å². The molecule has 0 unspecified atom stereocenters. The molecule has 1 heterocycles. The first-order chi connectivity index (χ1) is 9.67. The van der Waals surface area contributed by atoms with Crippen molar-refractivity contribution in [1.82, 2.24) is 0 Å². The quantitative estimate of drug-likeness (QED) is 0.658. The number of ether oxygens (including phenoxy) is 1. The Kier molecular flexibility index (Phi) is 4.14. The number of carbonyl (C=O) groups is 2. The van der Waals surface area contributed by atoms with Gasteiger partial charge in [0.25, 0.3) is 0 Å². The van der Waals surface area contributed by atoms with Crippen molar-refractivity contribution in [2.24, 2.45) is 0 Å². The van der Waals surface area contributed by atoms with Crippen LogP contribution in [0.5, 0.6) is 0 Å². The first-order valence-electron chi connectivity index (χ1n) is 6.08. The van der Waals surface area contributed by atoms with Crippen LogP contribution in [0.1, 0.15) is 17.3 Å². The van der Waals surface area contributed by atoms with E-state index in [1.807, 2.05) is 0 Å². The second kappa shape index (κ2) is 6.01. The highest BCUT2D eigenvalue weighted by Crippen LogP contribution is 2.18. The molecule has 6 heteroatoms. The van der Waals surface area contributed by atoms with Gasteiger partial charge in [0.1, 0.15) is 17.7 Å². The summed E-state index contributed by atoms with van der Waals surface area (Å²) in [6.45, 7) is 1.75. The number of carbonyl (C=O) groups excluding carboxylic acids is 2. The average Bonchev–Trinajstić information content (AvgIpc) is 2.46. The van der Waals surface area contributed by atoms with E-state index in [2.05, 4.69) is 5.32 Å². The Morgan fingerprint density at radius 1 is 1.40 bits per heavy atom. The number of anilines is 1. The summed E-state index contributed by atoms with van der Waals surface area (Å²) in [6.07, 6.45) is 0.408. The smallest absolute Gasteiger partial charge is 0.325 e. The van der Waals surface area contributed by atoms with Crippen LogP contribution in [0.25, 0.3) is 11.0 Å². The number of hydrogen-bond donors (Lipinski definition) is 1. The van der Waals surface area contributed by atoms with Crippen molar-refractivity contribution in [2.75, 3.05) is 18.5 Å². The summed E-state index contributed by atoms with van der Waals surface area (Å²) in [6, 6.07) is 6.57. The second-order valence-corrected chi connectivity index (χ2v) is 3.95. The van der Waals surface area contributed by atoms with E-state index in [1.165, 1.54) is 0 Å². The second-order valence-electron chi connectivity index (χ2n) is 3.95. The lowest BCUT2D eigenvalue weighted by Gasteiger charge is -2.08. The number of esters is 1.